The second kappa shape index (κ2) is 6.06. The zero-order chi connectivity index (χ0) is 13.7. The number of para-hydroxylation sites is 1. The lowest BCUT2D eigenvalue weighted by Crippen LogP contribution is -2.52. The molecule has 1 unspecified atom stereocenters. The summed E-state index contributed by atoms with van der Waals surface area (Å²) in [5.74, 6) is 0.996. The van der Waals surface area contributed by atoms with Gasteiger partial charge in [-0.3, -0.25) is 4.79 Å². The van der Waals surface area contributed by atoms with E-state index in [-0.39, 0.29) is 11.4 Å². The highest BCUT2D eigenvalue weighted by molar-refractivity contribution is 5.86. The molecule has 0 spiro atoms. The largest absolute Gasteiger partial charge is 0.492 e. The quantitative estimate of drug-likeness (QED) is 0.877. The minimum atomic E-state index is -0.387. The summed E-state index contributed by atoms with van der Waals surface area (Å²) in [6.45, 7) is 4.03. The number of rotatable bonds is 5. The van der Waals surface area contributed by atoms with Crippen LogP contribution in [0.2, 0.25) is 0 Å². The van der Waals surface area contributed by atoms with Crippen LogP contribution >= 0.6 is 0 Å². The zero-order valence-corrected chi connectivity index (χ0v) is 11.7. The van der Waals surface area contributed by atoms with Crippen LogP contribution < -0.4 is 10.1 Å². The first-order valence-electron chi connectivity index (χ1n) is 6.80. The molecule has 1 atom stereocenters. The van der Waals surface area contributed by atoms with E-state index in [2.05, 4.69) is 5.32 Å². The lowest BCUT2D eigenvalue weighted by molar-refractivity contribution is -0.136. The van der Waals surface area contributed by atoms with E-state index in [0.29, 0.717) is 13.2 Å². The second-order valence-corrected chi connectivity index (χ2v) is 5.25. The number of ether oxygens (including phenoxy) is 1. The van der Waals surface area contributed by atoms with E-state index in [1.54, 1.807) is 4.90 Å². The third-order valence-electron chi connectivity index (χ3n) is 3.63. The fraction of sp³-hybridized carbons (Fsp3) is 0.533. The summed E-state index contributed by atoms with van der Waals surface area (Å²) in [6.07, 6.45) is 1.98. The molecule has 4 nitrogen and oxygen atoms in total. The summed E-state index contributed by atoms with van der Waals surface area (Å²) in [7, 11) is 1.84. The van der Waals surface area contributed by atoms with E-state index in [4.69, 9.17) is 4.74 Å². The van der Waals surface area contributed by atoms with Crippen molar-refractivity contribution in [2.75, 3.05) is 26.7 Å². The Morgan fingerprint density at radius 3 is 2.79 bits per heavy atom. The Balaban J connectivity index is 1.78. The van der Waals surface area contributed by atoms with Gasteiger partial charge in [0, 0.05) is 7.05 Å². The van der Waals surface area contributed by atoms with Crippen LogP contribution in [0, 0.1) is 0 Å². The van der Waals surface area contributed by atoms with Crippen molar-refractivity contribution < 1.29 is 9.53 Å². The van der Waals surface area contributed by atoms with E-state index in [1.165, 1.54) is 0 Å². The van der Waals surface area contributed by atoms with Crippen molar-refractivity contribution in [3.63, 3.8) is 0 Å². The van der Waals surface area contributed by atoms with Crippen molar-refractivity contribution in [1.29, 1.82) is 0 Å². The Morgan fingerprint density at radius 1 is 1.42 bits per heavy atom. The van der Waals surface area contributed by atoms with Gasteiger partial charge in [-0.2, -0.15) is 0 Å². The van der Waals surface area contributed by atoms with Crippen LogP contribution in [0.15, 0.2) is 30.3 Å². The summed E-state index contributed by atoms with van der Waals surface area (Å²) in [4.78, 5) is 14.1. The number of likely N-dealkylation sites (N-methyl/N-ethyl adjacent to an activating group) is 1. The van der Waals surface area contributed by atoms with E-state index >= 15 is 0 Å². The summed E-state index contributed by atoms with van der Waals surface area (Å²) in [6, 6.07) is 9.67. The molecule has 1 aromatic carbocycles. The van der Waals surface area contributed by atoms with Gasteiger partial charge in [0.05, 0.1) is 12.1 Å². The topological polar surface area (TPSA) is 41.6 Å². The van der Waals surface area contributed by atoms with Gasteiger partial charge in [0.1, 0.15) is 12.4 Å². The van der Waals surface area contributed by atoms with Gasteiger partial charge in [-0.05, 0) is 38.4 Å². The Hall–Kier alpha value is -1.55. The molecule has 1 amide bonds. The number of benzene rings is 1. The van der Waals surface area contributed by atoms with Crippen LogP contribution in [0.25, 0.3) is 0 Å². The Labute approximate surface area is 114 Å². The normalized spacial score (nSPS) is 22.2. The first kappa shape index (κ1) is 13.9. The number of carbonyl (C=O) groups excluding carboxylic acids is 1. The molecule has 0 aromatic heterocycles. The lowest BCUT2D eigenvalue weighted by atomic mass is 9.99. The lowest BCUT2D eigenvalue weighted by Gasteiger charge is -2.29. The van der Waals surface area contributed by atoms with Gasteiger partial charge in [-0.15, -0.1) is 0 Å². The molecule has 1 aliphatic heterocycles. The van der Waals surface area contributed by atoms with Crippen LogP contribution in [-0.4, -0.2) is 43.1 Å². The molecule has 0 bridgehead atoms. The molecule has 0 saturated carbocycles. The predicted octanol–water partition coefficient (Wildman–Crippen LogP) is 1.67. The standard InChI is InChI=1S/C15H22N2O2/c1-15(9-6-10-16-15)14(18)17(2)11-12-19-13-7-4-3-5-8-13/h3-5,7-8,16H,6,9-12H2,1-2H3. The molecular formula is C15H22N2O2. The molecule has 19 heavy (non-hydrogen) atoms. The van der Waals surface area contributed by atoms with Crippen LogP contribution in [0.4, 0.5) is 0 Å². The molecule has 1 saturated heterocycles. The third-order valence-corrected chi connectivity index (χ3v) is 3.63. The van der Waals surface area contributed by atoms with E-state index in [0.717, 1.165) is 25.1 Å². The molecule has 1 aliphatic rings. The number of nitrogens with zero attached hydrogens (tertiary/aromatic N) is 1. The molecule has 0 aliphatic carbocycles. The van der Waals surface area contributed by atoms with Crippen LogP contribution in [0.5, 0.6) is 5.75 Å². The van der Waals surface area contributed by atoms with Gasteiger partial charge in [-0.1, -0.05) is 18.2 Å². The maximum atomic E-state index is 12.3. The minimum Gasteiger partial charge on any atom is -0.492 e. The maximum Gasteiger partial charge on any atom is 0.242 e. The molecule has 1 fully saturated rings. The second-order valence-electron chi connectivity index (χ2n) is 5.25. The van der Waals surface area contributed by atoms with Crippen molar-refractivity contribution in [1.82, 2.24) is 10.2 Å². The smallest absolute Gasteiger partial charge is 0.242 e. The van der Waals surface area contributed by atoms with E-state index in [9.17, 15) is 4.79 Å². The number of nitrogens with one attached hydrogen (secondary N) is 1. The number of hydrogen-bond donors (Lipinski definition) is 1. The molecule has 1 N–H and O–H groups in total. The van der Waals surface area contributed by atoms with Gasteiger partial charge in [0.25, 0.3) is 0 Å². The highest BCUT2D eigenvalue weighted by atomic mass is 16.5. The first-order valence-corrected chi connectivity index (χ1v) is 6.80. The summed E-state index contributed by atoms with van der Waals surface area (Å²) in [5.41, 5.74) is -0.387. The summed E-state index contributed by atoms with van der Waals surface area (Å²) in [5, 5.41) is 3.29. The maximum absolute atomic E-state index is 12.3. The van der Waals surface area contributed by atoms with Gasteiger partial charge in [0.2, 0.25) is 5.91 Å². The van der Waals surface area contributed by atoms with Crippen molar-refractivity contribution >= 4 is 5.91 Å². The molecule has 1 aromatic rings. The zero-order valence-electron chi connectivity index (χ0n) is 11.7. The van der Waals surface area contributed by atoms with Crippen molar-refractivity contribution in [3.05, 3.63) is 30.3 Å². The van der Waals surface area contributed by atoms with Gasteiger partial charge >= 0.3 is 0 Å². The average molecular weight is 262 g/mol. The Bertz CT molecular complexity index is 413. The number of carbonyl (C=O) groups is 1. The molecule has 104 valence electrons. The summed E-state index contributed by atoms with van der Waals surface area (Å²) >= 11 is 0. The monoisotopic (exact) mass is 262 g/mol. The highest BCUT2D eigenvalue weighted by Crippen LogP contribution is 2.20. The van der Waals surface area contributed by atoms with Gasteiger partial charge < -0.3 is 15.0 Å². The van der Waals surface area contributed by atoms with E-state index < -0.39 is 0 Å². The van der Waals surface area contributed by atoms with Crippen LogP contribution in [0.1, 0.15) is 19.8 Å². The van der Waals surface area contributed by atoms with Crippen LogP contribution in [0.3, 0.4) is 0 Å². The molecule has 2 rings (SSSR count). The Kier molecular flexibility index (Phi) is 4.43. The van der Waals surface area contributed by atoms with Gasteiger partial charge in [0.15, 0.2) is 0 Å². The fourth-order valence-corrected chi connectivity index (χ4v) is 2.42. The number of amides is 1. The highest BCUT2D eigenvalue weighted by Gasteiger charge is 2.37. The Morgan fingerprint density at radius 2 is 2.16 bits per heavy atom. The number of hydrogen-bond acceptors (Lipinski definition) is 3. The fourth-order valence-electron chi connectivity index (χ4n) is 2.42. The van der Waals surface area contributed by atoms with Crippen molar-refractivity contribution in [3.8, 4) is 5.75 Å². The van der Waals surface area contributed by atoms with Gasteiger partial charge in [-0.25, -0.2) is 0 Å². The molecule has 4 heteroatoms. The average Bonchev–Trinajstić information content (AvgIpc) is 2.87. The SMILES string of the molecule is CN(CCOc1ccccc1)C(=O)C1(C)CCCN1. The predicted molar refractivity (Wildman–Crippen MR) is 75.2 cm³/mol. The van der Waals surface area contributed by atoms with Crippen molar-refractivity contribution in [2.45, 2.75) is 25.3 Å². The molecular weight excluding hydrogens is 240 g/mol. The first-order chi connectivity index (χ1) is 9.12. The van der Waals surface area contributed by atoms with Crippen molar-refractivity contribution in [2.24, 2.45) is 0 Å². The molecule has 1 heterocycles. The summed E-state index contributed by atoms with van der Waals surface area (Å²) < 4.78 is 5.61. The van der Waals surface area contributed by atoms with Crippen LogP contribution in [-0.2, 0) is 4.79 Å². The van der Waals surface area contributed by atoms with E-state index in [1.807, 2.05) is 44.3 Å². The minimum absolute atomic E-state index is 0.154. The third kappa shape index (κ3) is 3.47. The molecule has 0 radical (unpaired) electrons.